The number of rotatable bonds is 7. The summed E-state index contributed by atoms with van der Waals surface area (Å²) in [6.45, 7) is 7.62. The molecule has 1 heterocycles. The predicted octanol–water partition coefficient (Wildman–Crippen LogP) is 0.0289. The number of amides is 2. The molecule has 0 spiro atoms. The molecule has 6 nitrogen and oxygen atoms in total. The van der Waals surface area contributed by atoms with E-state index in [9.17, 15) is 9.59 Å². The number of hydrogen-bond donors (Lipinski definition) is 3. The summed E-state index contributed by atoms with van der Waals surface area (Å²) in [7, 11) is 1.67. The number of benzene rings is 2. The first-order valence-electron chi connectivity index (χ1n) is 10.4. The predicted molar refractivity (Wildman–Crippen MR) is 119 cm³/mol. The molecule has 1 saturated heterocycles. The number of piperazine rings is 1. The van der Waals surface area contributed by atoms with Crippen molar-refractivity contribution in [3.05, 3.63) is 64.7 Å². The molecule has 0 radical (unpaired) electrons. The Bertz CT molecular complexity index is 881. The van der Waals surface area contributed by atoms with Crippen LogP contribution in [0.15, 0.2) is 48.5 Å². The number of carbonyl (C=O) groups excluding carboxylic acids is 2. The van der Waals surface area contributed by atoms with Crippen LogP contribution in [0.5, 0.6) is 0 Å². The van der Waals surface area contributed by atoms with Crippen LogP contribution < -0.4 is 15.1 Å². The Morgan fingerprint density at radius 1 is 1.03 bits per heavy atom. The third kappa shape index (κ3) is 6.55. The Balaban J connectivity index is 1.40. The molecular formula is C23H31ClN4O2+2. The maximum absolute atomic E-state index is 12.6. The molecule has 7 heteroatoms. The molecule has 0 aliphatic carbocycles. The van der Waals surface area contributed by atoms with Crippen LogP contribution in [0.25, 0.3) is 0 Å². The average molecular weight is 431 g/mol. The highest BCUT2D eigenvalue weighted by atomic mass is 35.5. The van der Waals surface area contributed by atoms with Crippen LogP contribution in [0, 0.1) is 6.92 Å². The Morgan fingerprint density at radius 2 is 1.73 bits per heavy atom. The summed E-state index contributed by atoms with van der Waals surface area (Å²) in [5.74, 6) is -0.261. The Hall–Kier alpha value is -2.41. The fourth-order valence-electron chi connectivity index (χ4n) is 3.83. The molecule has 1 aliphatic heterocycles. The highest BCUT2D eigenvalue weighted by Gasteiger charge is 2.26. The van der Waals surface area contributed by atoms with E-state index in [4.69, 9.17) is 11.6 Å². The SMILES string of the molecule is Cc1cccc(C[NH+]2CC[NH+](CC(=O)N(C)CC(=O)Nc3ccccc3Cl)CC2)c1. The van der Waals surface area contributed by atoms with Crippen molar-refractivity contribution in [3.8, 4) is 0 Å². The van der Waals surface area contributed by atoms with Gasteiger partial charge in [0.05, 0.1) is 17.3 Å². The van der Waals surface area contributed by atoms with Gasteiger partial charge in [0.25, 0.3) is 5.91 Å². The summed E-state index contributed by atoms with van der Waals surface area (Å²) >= 11 is 6.07. The quantitative estimate of drug-likeness (QED) is 0.580. The van der Waals surface area contributed by atoms with E-state index in [2.05, 4.69) is 36.5 Å². The second-order valence-corrected chi connectivity index (χ2v) is 8.53. The van der Waals surface area contributed by atoms with Crippen molar-refractivity contribution >= 4 is 29.1 Å². The summed E-state index contributed by atoms with van der Waals surface area (Å²) in [5, 5.41) is 3.24. The second-order valence-electron chi connectivity index (χ2n) is 8.12. The van der Waals surface area contributed by atoms with Crippen LogP contribution in [-0.2, 0) is 16.1 Å². The summed E-state index contributed by atoms with van der Waals surface area (Å²) in [4.78, 5) is 29.1. The van der Waals surface area contributed by atoms with Crippen LogP contribution in [-0.4, -0.2) is 63.0 Å². The zero-order valence-corrected chi connectivity index (χ0v) is 18.5. The topological polar surface area (TPSA) is 58.3 Å². The van der Waals surface area contributed by atoms with Crippen LogP contribution in [0.4, 0.5) is 5.69 Å². The van der Waals surface area contributed by atoms with Gasteiger partial charge in [-0.25, -0.2) is 0 Å². The lowest BCUT2D eigenvalue weighted by Crippen LogP contribution is -3.28. The highest BCUT2D eigenvalue weighted by Crippen LogP contribution is 2.20. The van der Waals surface area contributed by atoms with Crippen molar-refractivity contribution < 1.29 is 19.4 Å². The zero-order chi connectivity index (χ0) is 21.5. The van der Waals surface area contributed by atoms with Gasteiger partial charge in [-0.3, -0.25) is 9.59 Å². The van der Waals surface area contributed by atoms with Crippen molar-refractivity contribution in [2.45, 2.75) is 13.5 Å². The zero-order valence-electron chi connectivity index (χ0n) is 17.7. The molecule has 2 aromatic rings. The van der Waals surface area contributed by atoms with Crippen molar-refractivity contribution in [1.29, 1.82) is 0 Å². The molecule has 0 bridgehead atoms. The van der Waals surface area contributed by atoms with Crippen molar-refractivity contribution in [1.82, 2.24) is 4.90 Å². The maximum atomic E-state index is 12.6. The largest absolute Gasteiger partial charge is 0.332 e. The number of halogens is 1. The molecule has 0 atom stereocenters. The van der Waals surface area contributed by atoms with Gasteiger partial charge in [0, 0.05) is 12.6 Å². The maximum Gasteiger partial charge on any atom is 0.277 e. The number of para-hydroxylation sites is 1. The molecule has 0 unspecified atom stereocenters. The molecule has 3 N–H and O–H groups in total. The van der Waals surface area contributed by atoms with E-state index >= 15 is 0 Å². The Morgan fingerprint density at radius 3 is 2.43 bits per heavy atom. The van der Waals surface area contributed by atoms with E-state index < -0.39 is 0 Å². The minimum Gasteiger partial charge on any atom is -0.332 e. The van der Waals surface area contributed by atoms with Crippen molar-refractivity contribution in [2.24, 2.45) is 0 Å². The van der Waals surface area contributed by atoms with Gasteiger partial charge in [-0.1, -0.05) is 53.6 Å². The van der Waals surface area contributed by atoms with E-state index in [0.29, 0.717) is 17.3 Å². The number of nitrogens with zero attached hydrogens (tertiary/aromatic N) is 1. The third-order valence-electron chi connectivity index (χ3n) is 5.56. The molecule has 30 heavy (non-hydrogen) atoms. The fourth-order valence-corrected chi connectivity index (χ4v) is 4.01. The Kier molecular flexibility index (Phi) is 7.85. The number of anilines is 1. The molecule has 1 fully saturated rings. The summed E-state index contributed by atoms with van der Waals surface area (Å²) in [6.07, 6.45) is 0. The summed E-state index contributed by atoms with van der Waals surface area (Å²) < 4.78 is 0. The van der Waals surface area contributed by atoms with E-state index in [1.165, 1.54) is 20.9 Å². The number of carbonyl (C=O) groups is 2. The number of quaternary nitrogens is 2. The molecule has 160 valence electrons. The van der Waals surface area contributed by atoms with Gasteiger partial charge in [-0.2, -0.15) is 0 Å². The van der Waals surface area contributed by atoms with Gasteiger partial charge < -0.3 is 20.0 Å². The number of aryl methyl sites for hydroxylation is 1. The van der Waals surface area contributed by atoms with Crippen LogP contribution in [0.2, 0.25) is 5.02 Å². The highest BCUT2D eigenvalue weighted by molar-refractivity contribution is 6.33. The average Bonchev–Trinajstić information content (AvgIpc) is 2.71. The number of likely N-dealkylation sites (N-methyl/N-ethyl adjacent to an activating group) is 1. The van der Waals surface area contributed by atoms with Gasteiger partial charge in [0.1, 0.15) is 32.7 Å². The summed E-state index contributed by atoms with van der Waals surface area (Å²) in [5.41, 5.74) is 3.22. The Labute approximate surface area is 183 Å². The smallest absolute Gasteiger partial charge is 0.277 e. The van der Waals surface area contributed by atoms with Crippen LogP contribution in [0.3, 0.4) is 0 Å². The van der Waals surface area contributed by atoms with E-state index in [0.717, 1.165) is 32.7 Å². The summed E-state index contributed by atoms with van der Waals surface area (Å²) in [6, 6.07) is 15.7. The van der Waals surface area contributed by atoms with Crippen molar-refractivity contribution in [2.75, 3.05) is 51.6 Å². The molecule has 3 rings (SSSR count). The molecule has 0 saturated carbocycles. The van der Waals surface area contributed by atoms with Gasteiger partial charge in [0.2, 0.25) is 5.91 Å². The standard InChI is InChI=1S/C23H29ClN4O2/c1-18-6-5-7-19(14-18)15-27-10-12-28(13-11-27)17-23(30)26(2)16-22(29)25-21-9-4-3-8-20(21)24/h3-9,14H,10-13,15-17H2,1-2H3,(H,25,29)/p+2. The normalized spacial score (nSPS) is 18.6. The van der Waals surface area contributed by atoms with Gasteiger partial charge in [0.15, 0.2) is 6.54 Å². The lowest BCUT2D eigenvalue weighted by atomic mass is 10.1. The van der Waals surface area contributed by atoms with E-state index in [1.54, 1.807) is 36.2 Å². The second kappa shape index (κ2) is 10.6. The van der Waals surface area contributed by atoms with Crippen LogP contribution >= 0.6 is 11.6 Å². The molecule has 1 aliphatic rings. The lowest BCUT2D eigenvalue weighted by Gasteiger charge is -2.30. The minimum absolute atomic E-state index is 0.0126. The van der Waals surface area contributed by atoms with Crippen molar-refractivity contribution in [3.63, 3.8) is 0 Å². The first kappa shape index (κ1) is 22.3. The third-order valence-corrected chi connectivity index (χ3v) is 5.89. The molecule has 2 aromatic carbocycles. The first-order valence-corrected chi connectivity index (χ1v) is 10.8. The first-order chi connectivity index (χ1) is 14.4. The molecule has 0 aromatic heterocycles. The van der Waals surface area contributed by atoms with E-state index in [-0.39, 0.29) is 18.4 Å². The van der Waals surface area contributed by atoms with E-state index in [1.807, 2.05) is 0 Å². The number of hydrogen-bond acceptors (Lipinski definition) is 2. The minimum atomic E-state index is -0.249. The fraction of sp³-hybridized carbons (Fsp3) is 0.391. The van der Waals surface area contributed by atoms with Gasteiger partial charge >= 0.3 is 0 Å². The lowest BCUT2D eigenvalue weighted by molar-refractivity contribution is -1.02. The van der Waals surface area contributed by atoms with Gasteiger partial charge in [-0.05, 0) is 19.1 Å². The number of nitrogens with one attached hydrogen (secondary N) is 3. The van der Waals surface area contributed by atoms with Gasteiger partial charge in [-0.15, -0.1) is 0 Å². The van der Waals surface area contributed by atoms with Crippen LogP contribution in [0.1, 0.15) is 11.1 Å². The monoisotopic (exact) mass is 430 g/mol. The molecular weight excluding hydrogens is 400 g/mol. The molecule has 2 amide bonds.